The lowest BCUT2D eigenvalue weighted by molar-refractivity contribution is -0.399. The predicted octanol–water partition coefficient (Wildman–Crippen LogP) is 4.19. The Hall–Kier alpha value is -2.55. The maximum Gasteiger partial charge on any atom is 0.221 e. The fourth-order valence-corrected chi connectivity index (χ4v) is 4.53. The number of fused-ring (bicyclic) bond motifs is 4. The Kier molecular flexibility index (Phi) is 2.87. The quantitative estimate of drug-likeness (QED) is 0.576. The van der Waals surface area contributed by atoms with E-state index in [-0.39, 0.29) is 0 Å². The molecule has 0 atom stereocenters. The van der Waals surface area contributed by atoms with Gasteiger partial charge in [-0.1, -0.05) is 12.1 Å². The fourth-order valence-electron chi connectivity index (χ4n) is 3.50. The van der Waals surface area contributed by atoms with E-state index >= 15 is 0 Å². The highest BCUT2D eigenvalue weighted by Crippen LogP contribution is 2.48. The minimum absolute atomic E-state index is 0.604. The van der Waals surface area contributed by atoms with Gasteiger partial charge < -0.3 is 9.47 Å². The largest absolute Gasteiger partial charge is 0.485 e. The number of aryl methyl sites for hydroxylation is 1. The van der Waals surface area contributed by atoms with E-state index in [1.807, 2.05) is 0 Å². The number of hydrogen-bond acceptors (Lipinski definition) is 3. The van der Waals surface area contributed by atoms with Crippen LogP contribution in [0, 0.1) is 6.92 Å². The second-order valence-corrected chi connectivity index (χ2v) is 7.29. The summed E-state index contributed by atoms with van der Waals surface area (Å²) >= 11 is 1.72. The van der Waals surface area contributed by atoms with Crippen molar-refractivity contribution in [2.45, 2.75) is 6.92 Å². The Morgan fingerprint density at radius 1 is 1.12 bits per heavy atom. The molecule has 3 heterocycles. The molecule has 118 valence electrons. The van der Waals surface area contributed by atoms with Gasteiger partial charge in [0, 0.05) is 16.5 Å². The van der Waals surface area contributed by atoms with Crippen molar-refractivity contribution in [1.29, 1.82) is 0 Å². The molecule has 3 nitrogen and oxygen atoms in total. The molecule has 1 aromatic heterocycles. The van der Waals surface area contributed by atoms with Gasteiger partial charge in [-0.25, -0.2) is 0 Å². The molecule has 0 amide bonds. The normalized spacial score (nSPS) is 17.4. The van der Waals surface area contributed by atoms with E-state index < -0.39 is 0 Å². The molecule has 4 heteroatoms. The number of allylic oxidation sites excluding steroid dienone is 3. The number of benzene rings is 1. The summed E-state index contributed by atoms with van der Waals surface area (Å²) in [6.45, 7) is 3.31. The van der Waals surface area contributed by atoms with Crippen molar-refractivity contribution in [3.05, 3.63) is 57.5 Å². The van der Waals surface area contributed by atoms with E-state index in [4.69, 9.17) is 9.47 Å². The van der Waals surface area contributed by atoms with Crippen LogP contribution in [0.1, 0.15) is 15.3 Å². The number of rotatable bonds is 1. The molecule has 5 rings (SSSR count). The lowest BCUT2D eigenvalue weighted by Gasteiger charge is -2.17. The van der Waals surface area contributed by atoms with E-state index in [0.29, 0.717) is 13.2 Å². The third-order valence-corrected chi connectivity index (χ3v) is 5.76. The van der Waals surface area contributed by atoms with Gasteiger partial charge in [0.1, 0.15) is 20.3 Å². The van der Waals surface area contributed by atoms with E-state index in [2.05, 4.69) is 60.7 Å². The Bertz CT molecular complexity index is 1020. The van der Waals surface area contributed by atoms with Crippen molar-refractivity contribution in [2.75, 3.05) is 20.3 Å². The van der Waals surface area contributed by atoms with Crippen LogP contribution in [0.25, 0.3) is 11.1 Å². The molecule has 0 fully saturated rings. The maximum absolute atomic E-state index is 5.89. The standard InChI is InChI=1S/C20H16NO2S/c1-12-18-19(23-10-9-22-18)20(24-12)13-7-8-17-15(11-13)14-5-3-4-6-16(14)21(17)2/h3-6,8,11H,9-10H2,1-2H3/q+1. The summed E-state index contributed by atoms with van der Waals surface area (Å²) in [5.74, 6) is 1.77. The van der Waals surface area contributed by atoms with Crippen molar-refractivity contribution in [1.82, 2.24) is 0 Å². The zero-order valence-electron chi connectivity index (χ0n) is 13.6. The van der Waals surface area contributed by atoms with Gasteiger partial charge in [0.2, 0.25) is 11.4 Å². The van der Waals surface area contributed by atoms with Crippen LogP contribution < -0.4 is 9.47 Å². The highest BCUT2D eigenvalue weighted by atomic mass is 32.1. The van der Waals surface area contributed by atoms with E-state index in [1.54, 1.807) is 11.3 Å². The van der Waals surface area contributed by atoms with Crippen LogP contribution in [0.15, 0.2) is 42.1 Å². The summed E-state index contributed by atoms with van der Waals surface area (Å²) in [4.78, 5) is 2.27. The Morgan fingerprint density at radius 3 is 2.79 bits per heavy atom. The summed E-state index contributed by atoms with van der Waals surface area (Å²) in [6, 6.07) is 8.50. The molecule has 3 aliphatic rings. The minimum Gasteiger partial charge on any atom is -0.485 e. The van der Waals surface area contributed by atoms with Crippen LogP contribution in [0.4, 0.5) is 5.69 Å². The average Bonchev–Trinajstić information content (AvgIpc) is 3.11. The van der Waals surface area contributed by atoms with Crippen LogP contribution in [0.2, 0.25) is 0 Å². The first-order chi connectivity index (χ1) is 11.7. The van der Waals surface area contributed by atoms with Crippen LogP contribution in [0.5, 0.6) is 11.5 Å². The molecular formula is C20H16NO2S+. The summed E-state index contributed by atoms with van der Waals surface area (Å²) in [5.41, 5.74) is 9.46. The van der Waals surface area contributed by atoms with Gasteiger partial charge in [0.05, 0.1) is 22.1 Å². The molecule has 24 heavy (non-hydrogen) atoms. The monoisotopic (exact) mass is 334 g/mol. The molecular weight excluding hydrogens is 318 g/mol. The van der Waals surface area contributed by atoms with Gasteiger partial charge in [-0.3, -0.25) is 0 Å². The maximum atomic E-state index is 5.89. The molecule has 0 radical (unpaired) electrons. The summed E-state index contributed by atoms with van der Waals surface area (Å²) < 4.78 is 13.9. The fraction of sp³-hybridized carbons (Fsp3) is 0.200. The van der Waals surface area contributed by atoms with Gasteiger partial charge in [-0.15, -0.1) is 17.1 Å². The van der Waals surface area contributed by atoms with Crippen LogP contribution >= 0.6 is 11.3 Å². The summed E-state index contributed by atoms with van der Waals surface area (Å²) in [5, 5.41) is 0. The second-order valence-electron chi connectivity index (χ2n) is 6.06. The third kappa shape index (κ3) is 1.81. The number of thiophene rings is 1. The lowest BCUT2D eigenvalue weighted by atomic mass is 9.96. The molecule has 0 saturated heterocycles. The summed E-state index contributed by atoms with van der Waals surface area (Å²) in [6.07, 6.45) is 4.30. The topological polar surface area (TPSA) is 21.5 Å². The highest BCUT2D eigenvalue weighted by Gasteiger charge is 2.33. The molecule has 0 N–H and O–H groups in total. The first-order valence-corrected chi connectivity index (χ1v) is 8.84. The van der Waals surface area contributed by atoms with Crippen molar-refractivity contribution in [2.24, 2.45) is 0 Å². The van der Waals surface area contributed by atoms with Gasteiger partial charge in [-0.2, -0.15) is 4.58 Å². The van der Waals surface area contributed by atoms with E-state index in [0.717, 1.165) is 26.8 Å². The van der Waals surface area contributed by atoms with E-state index in [1.165, 1.54) is 22.5 Å². The molecule has 0 bridgehead atoms. The van der Waals surface area contributed by atoms with Gasteiger partial charge in [-0.05, 0) is 19.1 Å². The van der Waals surface area contributed by atoms with Gasteiger partial charge >= 0.3 is 0 Å². The van der Waals surface area contributed by atoms with Crippen LogP contribution in [-0.4, -0.2) is 30.5 Å². The van der Waals surface area contributed by atoms with Crippen molar-refractivity contribution in [3.8, 4) is 11.5 Å². The number of ether oxygens (including phenoxy) is 2. The molecule has 0 spiro atoms. The minimum atomic E-state index is 0.604. The smallest absolute Gasteiger partial charge is 0.221 e. The van der Waals surface area contributed by atoms with Gasteiger partial charge in [0.15, 0.2) is 11.5 Å². The average molecular weight is 334 g/mol. The predicted molar refractivity (Wildman–Crippen MR) is 96.8 cm³/mol. The van der Waals surface area contributed by atoms with Gasteiger partial charge in [0.25, 0.3) is 0 Å². The number of para-hydroxylation sites is 1. The Balaban J connectivity index is 1.69. The Labute approximate surface area is 144 Å². The molecule has 0 saturated carbocycles. The SMILES string of the molecule is Cc1sc(C2=C=CC3=[N+](C)c4ccccc4C3=C2)c2c1OCCO2. The molecule has 2 aromatic rings. The molecule has 2 aliphatic heterocycles. The molecule has 1 aliphatic carbocycles. The molecule has 1 aromatic carbocycles. The van der Waals surface area contributed by atoms with Crippen molar-refractivity contribution >= 4 is 33.9 Å². The van der Waals surface area contributed by atoms with Crippen molar-refractivity contribution < 1.29 is 14.0 Å². The van der Waals surface area contributed by atoms with Crippen LogP contribution in [0.3, 0.4) is 0 Å². The zero-order chi connectivity index (χ0) is 16.3. The number of hydrogen-bond donors (Lipinski definition) is 0. The first-order valence-electron chi connectivity index (χ1n) is 8.02. The molecule has 0 unspecified atom stereocenters. The number of nitrogens with zero attached hydrogens (tertiary/aromatic N) is 1. The summed E-state index contributed by atoms with van der Waals surface area (Å²) in [7, 11) is 2.10. The Morgan fingerprint density at radius 2 is 1.92 bits per heavy atom. The first kappa shape index (κ1) is 13.8. The van der Waals surface area contributed by atoms with Crippen LogP contribution in [-0.2, 0) is 0 Å². The lowest BCUT2D eigenvalue weighted by Crippen LogP contribution is -2.15. The zero-order valence-corrected chi connectivity index (χ0v) is 14.4. The third-order valence-electron chi connectivity index (χ3n) is 4.65. The second kappa shape index (κ2) is 4.97. The van der Waals surface area contributed by atoms with E-state index in [9.17, 15) is 0 Å². The highest BCUT2D eigenvalue weighted by molar-refractivity contribution is 7.14. The van der Waals surface area contributed by atoms with Crippen molar-refractivity contribution in [3.63, 3.8) is 0 Å².